The minimum Gasteiger partial charge on any atom is -0.355 e. The van der Waals surface area contributed by atoms with E-state index in [2.05, 4.69) is 58.0 Å². The molecule has 8 nitrogen and oxygen atoms in total. The maximum Gasteiger partial charge on any atom is 0.272 e. The zero-order chi connectivity index (χ0) is 36.4. The fourth-order valence-electron chi connectivity index (χ4n) is 7.10. The lowest BCUT2D eigenvalue weighted by Crippen LogP contribution is -2.45. The van der Waals surface area contributed by atoms with Crippen LogP contribution in [0.2, 0.25) is 10.0 Å². The third-order valence-corrected chi connectivity index (χ3v) is 10.6. The molecule has 1 unspecified atom stereocenters. The Balaban J connectivity index is 1.28. The molecule has 5 aromatic rings. The molecule has 1 aliphatic carbocycles. The number of carbonyl (C=O) groups is 2. The lowest BCUT2D eigenvalue weighted by Gasteiger charge is -2.34. The summed E-state index contributed by atoms with van der Waals surface area (Å²) in [6.45, 7) is 9.87. The predicted octanol–water partition coefficient (Wildman–Crippen LogP) is 9.71. The summed E-state index contributed by atoms with van der Waals surface area (Å²) in [4.78, 5) is 39.5. The molecule has 1 aliphatic heterocycles. The predicted molar refractivity (Wildman–Crippen MR) is 212 cm³/mol. The maximum absolute atomic E-state index is 14.7. The van der Waals surface area contributed by atoms with Crippen LogP contribution in [0.1, 0.15) is 72.8 Å². The minimum atomic E-state index is -0.315. The van der Waals surface area contributed by atoms with E-state index in [0.717, 1.165) is 64.5 Å². The van der Waals surface area contributed by atoms with Crippen molar-refractivity contribution in [2.24, 2.45) is 5.92 Å². The van der Waals surface area contributed by atoms with E-state index in [1.807, 2.05) is 79.0 Å². The van der Waals surface area contributed by atoms with Crippen LogP contribution < -0.4 is 15.5 Å². The number of nitrogens with zero attached hydrogens (tertiary/aromatic N) is 3. The molecule has 7 rings (SSSR count). The first kappa shape index (κ1) is 35.4. The first-order valence-corrected chi connectivity index (χ1v) is 18.5. The third-order valence-electron chi connectivity index (χ3n) is 10.1. The molecule has 0 spiro atoms. The average molecular weight is 734 g/mol. The van der Waals surface area contributed by atoms with Gasteiger partial charge in [-0.3, -0.25) is 9.59 Å². The van der Waals surface area contributed by atoms with Gasteiger partial charge in [-0.05, 0) is 98.8 Å². The van der Waals surface area contributed by atoms with Crippen LogP contribution in [0, 0.1) is 5.92 Å². The van der Waals surface area contributed by atoms with Gasteiger partial charge in [-0.2, -0.15) is 0 Å². The van der Waals surface area contributed by atoms with Gasteiger partial charge in [0.05, 0.1) is 17.4 Å². The third kappa shape index (κ3) is 7.45. The first-order valence-electron chi connectivity index (χ1n) is 17.8. The quantitative estimate of drug-likeness (QED) is 0.126. The lowest BCUT2D eigenvalue weighted by atomic mass is 9.95. The SMILES string of the molecule is C=CN(/C(=C(\C)c1ccccc1)c1c(C(=O)Nc2cccnc2N2CCC(NC(=O)C3CC3)CC2)[nH]c2cc(Cl)ccc12)C(C)c1ccc(Cl)cc1. The normalized spacial score (nSPS) is 15.9. The van der Waals surface area contributed by atoms with Crippen molar-refractivity contribution in [2.45, 2.75) is 51.6 Å². The zero-order valence-electron chi connectivity index (χ0n) is 29.3. The van der Waals surface area contributed by atoms with Gasteiger partial charge >= 0.3 is 0 Å². The van der Waals surface area contributed by atoms with Crippen LogP contribution in [0.3, 0.4) is 0 Å². The van der Waals surface area contributed by atoms with Crippen molar-refractivity contribution in [2.75, 3.05) is 23.3 Å². The number of benzene rings is 3. The molecule has 1 saturated carbocycles. The summed E-state index contributed by atoms with van der Waals surface area (Å²) in [5.74, 6) is 0.744. The minimum absolute atomic E-state index is 0.146. The van der Waals surface area contributed by atoms with Gasteiger partial charge in [-0.1, -0.05) is 78.3 Å². The Morgan fingerprint density at radius 3 is 2.37 bits per heavy atom. The number of nitrogens with one attached hydrogen (secondary N) is 3. The number of pyridine rings is 1. The van der Waals surface area contributed by atoms with Crippen molar-refractivity contribution in [1.29, 1.82) is 0 Å². The highest BCUT2D eigenvalue weighted by Gasteiger charge is 2.33. The van der Waals surface area contributed by atoms with Crippen LogP contribution in [0.15, 0.2) is 104 Å². The summed E-state index contributed by atoms with van der Waals surface area (Å²) in [6, 6.07) is 27.2. The lowest BCUT2D eigenvalue weighted by molar-refractivity contribution is -0.123. The molecule has 10 heteroatoms. The monoisotopic (exact) mass is 732 g/mol. The molecular formula is C42H42Cl2N6O2. The summed E-state index contributed by atoms with van der Waals surface area (Å²) in [5.41, 5.74) is 6.28. The van der Waals surface area contributed by atoms with Gasteiger partial charge in [-0.25, -0.2) is 4.98 Å². The molecule has 0 bridgehead atoms. The highest BCUT2D eigenvalue weighted by Crippen LogP contribution is 2.41. The van der Waals surface area contributed by atoms with Crippen molar-refractivity contribution in [3.63, 3.8) is 0 Å². The maximum atomic E-state index is 14.7. The van der Waals surface area contributed by atoms with Gasteiger partial charge in [0.25, 0.3) is 5.91 Å². The molecule has 2 aromatic heterocycles. The number of fused-ring (bicyclic) bond motifs is 1. The number of hydrogen-bond acceptors (Lipinski definition) is 5. The summed E-state index contributed by atoms with van der Waals surface area (Å²) >= 11 is 12.8. The van der Waals surface area contributed by atoms with Gasteiger partial charge in [0.1, 0.15) is 5.69 Å². The summed E-state index contributed by atoms with van der Waals surface area (Å²) in [5, 5.41) is 8.48. The van der Waals surface area contributed by atoms with E-state index in [1.54, 1.807) is 6.20 Å². The van der Waals surface area contributed by atoms with Crippen LogP contribution in [-0.4, -0.2) is 45.8 Å². The molecule has 266 valence electrons. The number of rotatable bonds is 11. The van der Waals surface area contributed by atoms with Gasteiger partial charge in [0.2, 0.25) is 5.91 Å². The Morgan fingerprint density at radius 2 is 1.67 bits per heavy atom. The van der Waals surface area contributed by atoms with E-state index in [1.165, 1.54) is 0 Å². The standard InChI is InChI=1S/C42H42Cl2N6O2/c1-4-50(27(3)29-14-16-31(43)17-15-29)39(26(2)28-9-6-5-7-10-28)37-34-19-18-32(44)25-36(34)47-38(37)42(52)48-35-11-8-22-45-40(35)49-23-20-33(21-24-49)46-41(51)30-12-13-30/h4-11,14-19,22,25,27,30,33,47H,1,12-13,20-21,23-24H2,2-3H3,(H,46,51)(H,48,52)/b39-26+. The van der Waals surface area contributed by atoms with Gasteiger partial charge in [0.15, 0.2) is 5.82 Å². The van der Waals surface area contributed by atoms with Crippen molar-refractivity contribution in [3.05, 3.63) is 136 Å². The highest BCUT2D eigenvalue weighted by molar-refractivity contribution is 6.31. The Hall–Kier alpha value is -5.05. The molecule has 1 atom stereocenters. The molecule has 2 fully saturated rings. The fourth-order valence-corrected chi connectivity index (χ4v) is 7.40. The van der Waals surface area contributed by atoms with Crippen molar-refractivity contribution >= 4 is 68.7 Å². The average Bonchev–Trinajstić information content (AvgIpc) is 3.96. The topological polar surface area (TPSA) is 93.4 Å². The second kappa shape index (κ2) is 15.3. The van der Waals surface area contributed by atoms with Crippen molar-refractivity contribution in [1.82, 2.24) is 20.2 Å². The number of piperidine rings is 1. The number of allylic oxidation sites excluding steroid dienone is 1. The van der Waals surface area contributed by atoms with E-state index in [4.69, 9.17) is 28.2 Å². The number of halogens is 2. The Morgan fingerprint density at radius 1 is 0.962 bits per heavy atom. The number of amides is 2. The largest absolute Gasteiger partial charge is 0.355 e. The Labute approximate surface area is 314 Å². The number of hydrogen-bond donors (Lipinski definition) is 3. The van der Waals surface area contributed by atoms with Crippen LogP contribution >= 0.6 is 23.2 Å². The van der Waals surface area contributed by atoms with Crippen LogP contribution in [-0.2, 0) is 4.79 Å². The molecule has 1 saturated heterocycles. The fraction of sp³-hybridized carbons (Fsp3) is 0.262. The second-order valence-electron chi connectivity index (χ2n) is 13.6. The van der Waals surface area contributed by atoms with Gasteiger partial charge in [-0.15, -0.1) is 0 Å². The smallest absolute Gasteiger partial charge is 0.272 e. The molecule has 3 N–H and O–H groups in total. The number of aromatic nitrogens is 2. The zero-order valence-corrected chi connectivity index (χ0v) is 30.8. The molecule has 3 aromatic carbocycles. The van der Waals surface area contributed by atoms with Crippen molar-refractivity contribution in [3.8, 4) is 0 Å². The molecule has 2 aliphatic rings. The molecule has 2 amide bonds. The van der Waals surface area contributed by atoms with E-state index >= 15 is 0 Å². The molecule has 0 radical (unpaired) electrons. The Bertz CT molecular complexity index is 2130. The Kier molecular flexibility index (Phi) is 10.4. The number of aromatic amines is 1. The van der Waals surface area contributed by atoms with E-state index in [-0.39, 0.29) is 29.8 Å². The van der Waals surface area contributed by atoms with Crippen LogP contribution in [0.4, 0.5) is 11.5 Å². The molecule has 52 heavy (non-hydrogen) atoms. The summed E-state index contributed by atoms with van der Waals surface area (Å²) in [7, 11) is 0. The highest BCUT2D eigenvalue weighted by atomic mass is 35.5. The molecular weight excluding hydrogens is 691 g/mol. The van der Waals surface area contributed by atoms with Crippen LogP contribution in [0.5, 0.6) is 0 Å². The first-order chi connectivity index (χ1) is 25.2. The number of H-pyrrole nitrogens is 1. The van der Waals surface area contributed by atoms with E-state index in [9.17, 15) is 9.59 Å². The number of anilines is 2. The van der Waals surface area contributed by atoms with E-state index in [0.29, 0.717) is 40.3 Å². The van der Waals surface area contributed by atoms with E-state index < -0.39 is 0 Å². The summed E-state index contributed by atoms with van der Waals surface area (Å²) in [6.07, 6.45) is 7.16. The van der Waals surface area contributed by atoms with Crippen molar-refractivity contribution < 1.29 is 9.59 Å². The van der Waals surface area contributed by atoms with Crippen LogP contribution in [0.25, 0.3) is 22.2 Å². The molecule has 3 heterocycles. The van der Waals surface area contributed by atoms with Gasteiger partial charge in [0, 0.05) is 57.8 Å². The second-order valence-corrected chi connectivity index (χ2v) is 14.5. The summed E-state index contributed by atoms with van der Waals surface area (Å²) < 4.78 is 0. The van der Waals surface area contributed by atoms with Gasteiger partial charge < -0.3 is 25.4 Å². The number of carbonyl (C=O) groups excluding carboxylic acids is 2.